The van der Waals surface area contributed by atoms with Crippen LogP contribution in [-0.2, 0) is 17.8 Å². The fraction of sp³-hybridized carbons (Fsp3) is 0.522. The number of carbonyl (C=O) groups is 1. The smallest absolute Gasteiger partial charge is 0.226 e. The van der Waals surface area contributed by atoms with Crippen LogP contribution in [0.3, 0.4) is 0 Å². The zero-order valence-corrected chi connectivity index (χ0v) is 18.0. The summed E-state index contributed by atoms with van der Waals surface area (Å²) in [5.41, 5.74) is 6.90. The molecule has 5 heteroatoms. The second kappa shape index (κ2) is 8.39. The van der Waals surface area contributed by atoms with Crippen LogP contribution in [0.1, 0.15) is 51.8 Å². The van der Waals surface area contributed by atoms with Gasteiger partial charge < -0.3 is 4.90 Å². The summed E-state index contributed by atoms with van der Waals surface area (Å²) in [6.07, 6.45) is 1.45. The Labute approximate surface area is 168 Å². The first-order valence-corrected chi connectivity index (χ1v) is 10.1. The summed E-state index contributed by atoms with van der Waals surface area (Å²) in [5, 5.41) is 0. The Bertz CT molecular complexity index is 852. The van der Waals surface area contributed by atoms with E-state index in [1.165, 1.54) is 16.7 Å². The van der Waals surface area contributed by atoms with E-state index >= 15 is 0 Å². The van der Waals surface area contributed by atoms with Gasteiger partial charge in [-0.25, -0.2) is 9.97 Å². The van der Waals surface area contributed by atoms with Gasteiger partial charge in [-0.15, -0.1) is 0 Å². The van der Waals surface area contributed by atoms with Gasteiger partial charge in [0.25, 0.3) is 0 Å². The van der Waals surface area contributed by atoms with Crippen LogP contribution in [0.5, 0.6) is 0 Å². The van der Waals surface area contributed by atoms with Crippen LogP contribution in [0.25, 0.3) is 0 Å². The van der Waals surface area contributed by atoms with Crippen LogP contribution in [0, 0.1) is 27.7 Å². The Morgan fingerprint density at radius 1 is 1.11 bits per heavy atom. The first kappa shape index (κ1) is 20.5. The molecule has 3 rings (SSSR count). The van der Waals surface area contributed by atoms with Crippen molar-refractivity contribution < 1.29 is 4.79 Å². The molecular formula is C23H32N4O. The van der Waals surface area contributed by atoms with Gasteiger partial charge in [-0.2, -0.15) is 0 Å². The second-order valence-electron chi connectivity index (χ2n) is 8.34. The SMILES string of the molecule is Cc1ccc(CN2CC[C@H](c3nc(C)c(CC(=O)N(C)C)c(C)n3)C2)cc1C. The zero-order chi connectivity index (χ0) is 20.4. The molecule has 0 spiro atoms. The lowest BCUT2D eigenvalue weighted by Gasteiger charge is -2.18. The van der Waals surface area contributed by atoms with Gasteiger partial charge in [-0.3, -0.25) is 9.69 Å². The van der Waals surface area contributed by atoms with Crippen LogP contribution in [0.4, 0.5) is 0 Å². The van der Waals surface area contributed by atoms with E-state index in [-0.39, 0.29) is 5.91 Å². The molecule has 1 aromatic heterocycles. The number of aromatic nitrogens is 2. The highest BCUT2D eigenvalue weighted by atomic mass is 16.2. The highest BCUT2D eigenvalue weighted by Crippen LogP contribution is 2.27. The van der Waals surface area contributed by atoms with Crippen molar-refractivity contribution >= 4 is 5.91 Å². The van der Waals surface area contributed by atoms with E-state index in [9.17, 15) is 4.79 Å². The van der Waals surface area contributed by atoms with Gasteiger partial charge in [0.2, 0.25) is 5.91 Å². The second-order valence-corrected chi connectivity index (χ2v) is 8.34. The van der Waals surface area contributed by atoms with Crippen molar-refractivity contribution in [1.82, 2.24) is 19.8 Å². The molecule has 1 atom stereocenters. The number of hydrogen-bond acceptors (Lipinski definition) is 4. The van der Waals surface area contributed by atoms with Crippen LogP contribution in [-0.4, -0.2) is 52.9 Å². The van der Waals surface area contributed by atoms with Gasteiger partial charge in [0.1, 0.15) is 5.82 Å². The highest BCUT2D eigenvalue weighted by molar-refractivity contribution is 5.78. The molecule has 1 aromatic carbocycles. The number of carbonyl (C=O) groups excluding carboxylic acids is 1. The lowest BCUT2D eigenvalue weighted by atomic mass is 10.0. The Morgan fingerprint density at radius 2 is 1.79 bits per heavy atom. The first-order valence-electron chi connectivity index (χ1n) is 10.1. The van der Waals surface area contributed by atoms with E-state index in [1.54, 1.807) is 19.0 Å². The van der Waals surface area contributed by atoms with Crippen LogP contribution in [0.15, 0.2) is 18.2 Å². The molecule has 1 aliphatic rings. The molecule has 0 unspecified atom stereocenters. The number of benzene rings is 1. The van der Waals surface area contributed by atoms with Gasteiger partial charge in [-0.1, -0.05) is 18.2 Å². The van der Waals surface area contributed by atoms with E-state index in [0.29, 0.717) is 12.3 Å². The van der Waals surface area contributed by atoms with Crippen molar-refractivity contribution in [2.75, 3.05) is 27.2 Å². The number of aryl methyl sites for hydroxylation is 4. The third-order valence-electron chi connectivity index (χ3n) is 5.88. The summed E-state index contributed by atoms with van der Waals surface area (Å²) in [4.78, 5) is 25.8. The monoisotopic (exact) mass is 380 g/mol. The Balaban J connectivity index is 1.69. The maximum absolute atomic E-state index is 12.1. The molecule has 0 aliphatic carbocycles. The summed E-state index contributed by atoms with van der Waals surface area (Å²) in [7, 11) is 3.57. The van der Waals surface area contributed by atoms with Gasteiger partial charge >= 0.3 is 0 Å². The average molecular weight is 381 g/mol. The minimum atomic E-state index is 0.0861. The molecule has 2 aromatic rings. The largest absolute Gasteiger partial charge is 0.349 e. The Morgan fingerprint density at radius 3 is 2.39 bits per heavy atom. The Hall–Kier alpha value is -2.27. The molecular weight excluding hydrogens is 348 g/mol. The van der Waals surface area contributed by atoms with E-state index in [2.05, 4.69) is 36.9 Å². The normalized spacial score (nSPS) is 17.1. The average Bonchev–Trinajstić information content (AvgIpc) is 3.09. The van der Waals surface area contributed by atoms with Gasteiger partial charge in [0.05, 0.1) is 6.42 Å². The molecule has 150 valence electrons. The maximum atomic E-state index is 12.1. The van der Waals surface area contributed by atoms with Crippen LogP contribution >= 0.6 is 0 Å². The van der Waals surface area contributed by atoms with Crippen LogP contribution < -0.4 is 0 Å². The van der Waals surface area contributed by atoms with Gasteiger partial charge in [-0.05, 0) is 57.4 Å². The van der Waals surface area contributed by atoms with Crippen LogP contribution in [0.2, 0.25) is 0 Å². The molecule has 0 bridgehead atoms. The molecule has 0 N–H and O–H groups in total. The Kier molecular flexibility index (Phi) is 6.14. The quantitative estimate of drug-likeness (QED) is 0.798. The molecule has 0 radical (unpaired) electrons. The third-order valence-corrected chi connectivity index (χ3v) is 5.88. The predicted octanol–water partition coefficient (Wildman–Crippen LogP) is 3.33. The summed E-state index contributed by atoms with van der Waals surface area (Å²) >= 11 is 0. The van der Waals surface area contributed by atoms with Gasteiger partial charge in [0, 0.05) is 50.1 Å². The van der Waals surface area contributed by atoms with Crippen molar-refractivity contribution in [1.29, 1.82) is 0 Å². The molecule has 28 heavy (non-hydrogen) atoms. The van der Waals surface area contributed by atoms with Gasteiger partial charge in [0.15, 0.2) is 0 Å². The third kappa shape index (κ3) is 4.58. The molecule has 1 saturated heterocycles. The zero-order valence-electron chi connectivity index (χ0n) is 18.0. The number of amides is 1. The van der Waals surface area contributed by atoms with E-state index < -0.39 is 0 Å². The predicted molar refractivity (Wildman–Crippen MR) is 112 cm³/mol. The lowest BCUT2D eigenvalue weighted by molar-refractivity contribution is -0.128. The first-order chi connectivity index (χ1) is 13.2. The van der Waals surface area contributed by atoms with Crippen molar-refractivity contribution in [3.8, 4) is 0 Å². The topological polar surface area (TPSA) is 49.3 Å². The van der Waals surface area contributed by atoms with Crippen molar-refractivity contribution in [2.45, 2.75) is 53.0 Å². The maximum Gasteiger partial charge on any atom is 0.226 e. The minimum Gasteiger partial charge on any atom is -0.349 e. The molecule has 1 aliphatic heterocycles. The number of rotatable bonds is 5. The number of hydrogen-bond donors (Lipinski definition) is 0. The fourth-order valence-electron chi connectivity index (χ4n) is 3.86. The summed E-state index contributed by atoms with van der Waals surface area (Å²) in [5.74, 6) is 1.38. The molecule has 0 saturated carbocycles. The fourth-order valence-corrected chi connectivity index (χ4v) is 3.86. The number of likely N-dealkylation sites (tertiary alicyclic amines) is 1. The summed E-state index contributed by atoms with van der Waals surface area (Å²) in [6.45, 7) is 11.4. The number of likely N-dealkylation sites (N-methyl/N-ethyl adjacent to an activating group) is 1. The molecule has 2 heterocycles. The minimum absolute atomic E-state index is 0.0861. The summed E-state index contributed by atoms with van der Waals surface area (Å²) in [6, 6.07) is 6.74. The summed E-state index contributed by atoms with van der Waals surface area (Å²) < 4.78 is 0. The van der Waals surface area contributed by atoms with Crippen molar-refractivity contribution in [3.63, 3.8) is 0 Å². The molecule has 1 amide bonds. The van der Waals surface area contributed by atoms with Crippen molar-refractivity contribution in [3.05, 3.63) is 57.7 Å². The van der Waals surface area contributed by atoms with E-state index in [1.807, 2.05) is 13.8 Å². The molecule has 1 fully saturated rings. The van der Waals surface area contributed by atoms with Crippen molar-refractivity contribution in [2.24, 2.45) is 0 Å². The van der Waals surface area contributed by atoms with E-state index in [4.69, 9.17) is 9.97 Å². The lowest BCUT2D eigenvalue weighted by Crippen LogP contribution is -2.25. The highest BCUT2D eigenvalue weighted by Gasteiger charge is 2.27. The molecule has 5 nitrogen and oxygen atoms in total. The van der Waals surface area contributed by atoms with E-state index in [0.717, 1.165) is 48.8 Å². The number of nitrogens with zero attached hydrogens (tertiary/aromatic N) is 4. The standard InChI is InChI=1S/C23H32N4O/c1-15-7-8-19(11-16(15)2)13-27-10-9-20(14-27)23-24-17(3)21(18(4)25-23)12-22(28)26(5)6/h7-8,11,20H,9-10,12-14H2,1-6H3/t20-/m0/s1.